The zero-order valence-electron chi connectivity index (χ0n) is 26.7. The molecule has 212 valence electrons. The summed E-state index contributed by atoms with van der Waals surface area (Å²) in [6.07, 6.45) is 0. The van der Waals surface area contributed by atoms with Gasteiger partial charge in [0.15, 0.2) is 8.07 Å². The van der Waals surface area contributed by atoms with Crippen molar-refractivity contribution in [1.82, 2.24) is 0 Å². The number of rotatable bonds is 8. The van der Waals surface area contributed by atoms with Crippen LogP contribution in [0.4, 0.5) is 22.7 Å². The van der Waals surface area contributed by atoms with Crippen molar-refractivity contribution in [2.45, 2.75) is 27.7 Å². The summed E-state index contributed by atoms with van der Waals surface area (Å²) in [5, 5.41) is 5.89. The van der Waals surface area contributed by atoms with Gasteiger partial charge in [0.05, 0.1) is 0 Å². The standard InChI is InChI=1S/C35H48N4Si/c1-24-25(2)27(4)35(26(24)3)40(32-16-14-13-15-17-32,33-20-28(36(5)6)18-29(21-33)37(7)8)34-22-30(38(9)10)19-31(23-34)39(11)12/h13-23,26H,1-12H3. The van der Waals surface area contributed by atoms with Gasteiger partial charge in [0.25, 0.3) is 0 Å². The average molecular weight is 553 g/mol. The van der Waals surface area contributed by atoms with Crippen molar-refractivity contribution in [3.05, 3.63) is 88.6 Å². The van der Waals surface area contributed by atoms with Crippen LogP contribution < -0.4 is 35.2 Å². The second kappa shape index (κ2) is 11.2. The van der Waals surface area contributed by atoms with Crippen LogP contribution >= 0.6 is 0 Å². The van der Waals surface area contributed by atoms with E-state index in [1.807, 2.05) is 0 Å². The molecule has 4 nitrogen and oxygen atoms in total. The van der Waals surface area contributed by atoms with Crippen molar-refractivity contribution in [2.24, 2.45) is 5.92 Å². The van der Waals surface area contributed by atoms with Crippen LogP contribution in [0.5, 0.6) is 0 Å². The molecule has 0 radical (unpaired) electrons. The van der Waals surface area contributed by atoms with Gasteiger partial charge >= 0.3 is 0 Å². The number of anilines is 4. The molecule has 4 rings (SSSR count). The van der Waals surface area contributed by atoms with E-state index in [4.69, 9.17) is 0 Å². The highest BCUT2D eigenvalue weighted by atomic mass is 28.3. The first-order chi connectivity index (χ1) is 18.8. The summed E-state index contributed by atoms with van der Waals surface area (Å²) in [5.74, 6) is 0.364. The summed E-state index contributed by atoms with van der Waals surface area (Å²) in [5.41, 5.74) is 9.33. The number of benzene rings is 3. The molecule has 0 heterocycles. The Kier molecular flexibility index (Phi) is 8.27. The van der Waals surface area contributed by atoms with Crippen LogP contribution in [-0.2, 0) is 0 Å². The van der Waals surface area contributed by atoms with Gasteiger partial charge in [-0.15, -0.1) is 0 Å². The maximum absolute atomic E-state index is 2.78. The van der Waals surface area contributed by atoms with E-state index in [9.17, 15) is 0 Å². The maximum Gasteiger partial charge on any atom is 0.176 e. The number of allylic oxidation sites excluding steroid dienone is 4. The zero-order valence-corrected chi connectivity index (χ0v) is 27.7. The lowest BCUT2D eigenvalue weighted by Crippen LogP contribution is -2.69. The Morgan fingerprint density at radius 3 is 1.18 bits per heavy atom. The van der Waals surface area contributed by atoms with E-state index in [1.165, 1.54) is 55.0 Å². The van der Waals surface area contributed by atoms with Crippen LogP contribution in [0, 0.1) is 5.92 Å². The van der Waals surface area contributed by atoms with Gasteiger partial charge < -0.3 is 19.6 Å². The van der Waals surface area contributed by atoms with Crippen molar-refractivity contribution < 1.29 is 0 Å². The minimum absolute atomic E-state index is 0.364. The van der Waals surface area contributed by atoms with Crippen LogP contribution in [0.15, 0.2) is 88.6 Å². The molecule has 1 aliphatic carbocycles. The smallest absolute Gasteiger partial charge is 0.176 e. The lowest BCUT2D eigenvalue weighted by atomic mass is 10.1. The van der Waals surface area contributed by atoms with Crippen LogP contribution in [0.2, 0.25) is 0 Å². The van der Waals surface area contributed by atoms with Crippen molar-refractivity contribution in [1.29, 1.82) is 0 Å². The van der Waals surface area contributed by atoms with E-state index < -0.39 is 8.07 Å². The van der Waals surface area contributed by atoms with Crippen molar-refractivity contribution in [3.63, 3.8) is 0 Å². The lowest BCUT2D eigenvalue weighted by Gasteiger charge is -2.40. The minimum Gasteiger partial charge on any atom is -0.378 e. The zero-order chi connectivity index (χ0) is 29.5. The van der Waals surface area contributed by atoms with E-state index in [0.717, 1.165) is 0 Å². The van der Waals surface area contributed by atoms with Crippen LogP contribution in [0.1, 0.15) is 27.7 Å². The highest BCUT2D eigenvalue weighted by molar-refractivity contribution is 7.16. The molecular weight excluding hydrogens is 504 g/mol. The molecule has 1 aliphatic rings. The third-order valence-corrected chi connectivity index (χ3v) is 14.1. The molecule has 0 aliphatic heterocycles. The molecule has 1 unspecified atom stereocenters. The second-order valence-electron chi connectivity index (χ2n) is 12.2. The van der Waals surface area contributed by atoms with E-state index in [2.05, 4.69) is 170 Å². The first-order valence-corrected chi connectivity index (χ1v) is 16.3. The third kappa shape index (κ3) is 4.96. The van der Waals surface area contributed by atoms with Gasteiger partial charge in [-0.1, -0.05) is 53.6 Å². The topological polar surface area (TPSA) is 13.0 Å². The minimum atomic E-state index is -2.78. The predicted octanol–water partition coefficient (Wildman–Crippen LogP) is 5.26. The van der Waals surface area contributed by atoms with Crippen molar-refractivity contribution in [2.75, 3.05) is 76.0 Å². The second-order valence-corrected chi connectivity index (χ2v) is 16.0. The summed E-state index contributed by atoms with van der Waals surface area (Å²) >= 11 is 0. The van der Waals surface area contributed by atoms with E-state index in [1.54, 1.807) is 5.20 Å². The molecule has 0 bridgehead atoms. The maximum atomic E-state index is 2.47. The number of hydrogen-bond acceptors (Lipinski definition) is 4. The van der Waals surface area contributed by atoms with Gasteiger partial charge in [-0.3, -0.25) is 0 Å². The van der Waals surface area contributed by atoms with Gasteiger partial charge in [-0.2, -0.15) is 0 Å². The molecule has 0 fully saturated rings. The number of hydrogen-bond donors (Lipinski definition) is 0. The van der Waals surface area contributed by atoms with Crippen LogP contribution in [0.25, 0.3) is 0 Å². The van der Waals surface area contributed by atoms with Gasteiger partial charge in [-0.05, 0) is 84.2 Å². The normalized spacial score (nSPS) is 15.6. The van der Waals surface area contributed by atoms with Crippen molar-refractivity contribution in [3.8, 4) is 0 Å². The summed E-state index contributed by atoms with van der Waals surface area (Å²) in [4.78, 5) is 8.98. The molecule has 40 heavy (non-hydrogen) atoms. The molecule has 1 atom stereocenters. The molecular formula is C35H48N4Si. The molecule has 3 aromatic rings. The highest BCUT2D eigenvalue weighted by Gasteiger charge is 2.48. The monoisotopic (exact) mass is 552 g/mol. The molecule has 3 aromatic carbocycles. The first kappa shape index (κ1) is 29.5. The summed E-state index contributed by atoms with van der Waals surface area (Å²) in [6, 6.07) is 25.9. The van der Waals surface area contributed by atoms with Crippen molar-refractivity contribution >= 4 is 46.4 Å². The lowest BCUT2D eigenvalue weighted by molar-refractivity contribution is 0.851. The Balaban J connectivity index is 2.30. The fraction of sp³-hybridized carbons (Fsp3) is 0.371. The largest absolute Gasteiger partial charge is 0.378 e. The Morgan fingerprint density at radius 2 is 0.875 bits per heavy atom. The molecule has 5 heteroatoms. The molecule has 0 aromatic heterocycles. The summed E-state index contributed by atoms with van der Waals surface area (Å²) < 4.78 is 0. The molecule has 0 saturated carbocycles. The van der Waals surface area contributed by atoms with Gasteiger partial charge in [-0.25, -0.2) is 0 Å². The fourth-order valence-corrected chi connectivity index (χ4v) is 12.0. The first-order valence-electron chi connectivity index (χ1n) is 14.3. The molecule has 0 amide bonds. The Labute approximate surface area is 244 Å². The Hall–Kier alpha value is -3.44. The average Bonchev–Trinajstić information content (AvgIpc) is 3.12. The van der Waals surface area contributed by atoms with Gasteiger partial charge in [0.2, 0.25) is 0 Å². The van der Waals surface area contributed by atoms with Crippen LogP contribution in [-0.4, -0.2) is 64.5 Å². The Morgan fingerprint density at radius 1 is 0.500 bits per heavy atom. The van der Waals surface area contributed by atoms with E-state index in [0.29, 0.717) is 5.92 Å². The Bertz CT molecular complexity index is 1330. The van der Waals surface area contributed by atoms with E-state index >= 15 is 0 Å². The SMILES string of the molecule is CC1=C(C)C(C)C([Si](c2ccccc2)(c2cc(N(C)C)cc(N(C)C)c2)c2cc(N(C)C)cc(N(C)C)c2)=C1C. The highest BCUT2D eigenvalue weighted by Crippen LogP contribution is 2.42. The third-order valence-electron chi connectivity index (χ3n) is 8.99. The molecule has 0 N–H and O–H groups in total. The molecule has 0 saturated heterocycles. The van der Waals surface area contributed by atoms with Gasteiger partial charge in [0.1, 0.15) is 0 Å². The summed E-state index contributed by atoms with van der Waals surface area (Å²) in [7, 11) is 14.4. The number of nitrogens with zero attached hydrogens (tertiary/aromatic N) is 4. The van der Waals surface area contributed by atoms with Gasteiger partial charge in [0, 0.05) is 79.1 Å². The van der Waals surface area contributed by atoms with Crippen LogP contribution in [0.3, 0.4) is 0 Å². The fourth-order valence-electron chi connectivity index (χ4n) is 6.28. The molecule has 0 spiro atoms. The van der Waals surface area contributed by atoms with E-state index in [-0.39, 0.29) is 0 Å². The quantitative estimate of drug-likeness (QED) is 0.279. The predicted molar refractivity (Wildman–Crippen MR) is 182 cm³/mol. The summed E-state index contributed by atoms with van der Waals surface area (Å²) in [6.45, 7) is 9.46.